The second-order valence-corrected chi connectivity index (χ2v) is 13.2. The normalized spacial score (nSPS) is 23.8. The lowest BCUT2D eigenvalue weighted by Gasteiger charge is -2.43. The van der Waals surface area contributed by atoms with Gasteiger partial charge in [0, 0.05) is 0 Å². The molecule has 1 fully saturated rings. The second-order valence-electron chi connectivity index (χ2n) is 13.2. The first-order valence-electron chi connectivity index (χ1n) is 17.7. The molecule has 6 atom stereocenters. The molecule has 7 rings (SSSR count). The van der Waals surface area contributed by atoms with Gasteiger partial charge in [-0.15, -0.1) is 0 Å². The van der Waals surface area contributed by atoms with Gasteiger partial charge in [0.1, 0.15) is 60.7 Å². The van der Waals surface area contributed by atoms with E-state index in [1.54, 1.807) is 6.26 Å². The number of aryl methyl sites for hydroxylation is 1. The molecule has 2 heterocycles. The van der Waals surface area contributed by atoms with Gasteiger partial charge in [-0.25, -0.2) is 0 Å². The Morgan fingerprint density at radius 2 is 1.43 bits per heavy atom. The van der Waals surface area contributed by atoms with Gasteiger partial charge in [-0.2, -0.15) is 0 Å². The van der Waals surface area contributed by atoms with E-state index in [0.29, 0.717) is 11.3 Å². The van der Waals surface area contributed by atoms with Crippen LogP contribution in [0.3, 0.4) is 0 Å². The van der Waals surface area contributed by atoms with Crippen molar-refractivity contribution in [3.63, 3.8) is 0 Å². The summed E-state index contributed by atoms with van der Waals surface area (Å²) in [6.07, 6.45) is 7.37. The Labute approximate surface area is 299 Å². The van der Waals surface area contributed by atoms with Crippen LogP contribution in [0.5, 0.6) is 0 Å². The summed E-state index contributed by atoms with van der Waals surface area (Å²) in [5.74, 6) is 0.435. The molecule has 1 aliphatic carbocycles. The standard InChI is InChI=1S/C44H44O7/c1-2-30-23-24-32(27-36(30)39(31-15-7-3-8-16-31)37-28-48-25-26-49-37)43-42(47)41(46)40(45)38(51-43)29-50-44(33-17-9-4-10-18-33,34-19-11-5-12-20-34)35-21-13-6-14-22-35/h3-7,9-15,17-28,38-43,45-47H,2,8,16,29H2,1H3/t38-,39?,40-,41+,42-,43+/m1/s1. The summed E-state index contributed by atoms with van der Waals surface area (Å²) < 4.78 is 25.1. The SMILES string of the molecule is CCc1ccc([C@@H]2O[C@H](COC(c3ccccc3)(c3ccccc3)c3ccccc3)[C@@H](O)[C@H](O)[C@H]2O)cc1C(C1=CC=CCC1)C1=COC=CO1. The number of aliphatic hydroxyl groups is 3. The van der Waals surface area contributed by atoms with Gasteiger partial charge in [0.15, 0.2) is 0 Å². The van der Waals surface area contributed by atoms with E-state index >= 15 is 0 Å². The maximum Gasteiger partial charge on any atom is 0.150 e. The van der Waals surface area contributed by atoms with Crippen LogP contribution in [0, 0.1) is 0 Å². The van der Waals surface area contributed by atoms with Gasteiger partial charge >= 0.3 is 0 Å². The molecule has 4 aromatic rings. The number of benzene rings is 4. The molecule has 0 amide bonds. The van der Waals surface area contributed by atoms with Crippen molar-refractivity contribution in [2.45, 2.75) is 68.2 Å². The summed E-state index contributed by atoms with van der Waals surface area (Å²) in [4.78, 5) is 0. The van der Waals surface area contributed by atoms with Crippen LogP contribution in [0.15, 0.2) is 158 Å². The molecule has 0 spiro atoms. The Hall–Kier alpha value is -4.76. The first-order chi connectivity index (χ1) is 25.0. The third-order valence-corrected chi connectivity index (χ3v) is 10.1. The van der Waals surface area contributed by atoms with Crippen molar-refractivity contribution in [2.75, 3.05) is 6.61 Å². The summed E-state index contributed by atoms with van der Waals surface area (Å²) in [5.41, 5.74) is 5.63. The lowest BCUT2D eigenvalue weighted by molar-refractivity contribution is -0.240. The van der Waals surface area contributed by atoms with E-state index in [0.717, 1.165) is 47.1 Å². The topological polar surface area (TPSA) is 97.6 Å². The Kier molecular flexibility index (Phi) is 10.6. The van der Waals surface area contributed by atoms with E-state index in [1.807, 2.05) is 109 Å². The summed E-state index contributed by atoms with van der Waals surface area (Å²) >= 11 is 0. The largest absolute Gasteiger partial charge is 0.466 e. The zero-order valence-corrected chi connectivity index (χ0v) is 28.6. The van der Waals surface area contributed by atoms with Crippen molar-refractivity contribution in [3.8, 4) is 0 Å². The molecule has 0 aromatic heterocycles. The molecule has 0 bridgehead atoms. The molecule has 3 aliphatic rings. The third kappa shape index (κ3) is 6.96. The molecule has 0 saturated carbocycles. The van der Waals surface area contributed by atoms with Crippen molar-refractivity contribution < 1.29 is 34.3 Å². The summed E-state index contributed by atoms with van der Waals surface area (Å²) in [7, 11) is 0. The van der Waals surface area contributed by atoms with Gasteiger partial charge in [-0.1, -0.05) is 140 Å². The van der Waals surface area contributed by atoms with Gasteiger partial charge < -0.3 is 34.3 Å². The maximum atomic E-state index is 11.4. The lowest BCUT2D eigenvalue weighted by atomic mass is 9.80. The van der Waals surface area contributed by atoms with Crippen LogP contribution in [0.4, 0.5) is 0 Å². The lowest BCUT2D eigenvalue weighted by Crippen LogP contribution is -2.56. The predicted octanol–water partition coefficient (Wildman–Crippen LogP) is 7.50. The van der Waals surface area contributed by atoms with Crippen LogP contribution in [-0.4, -0.2) is 46.3 Å². The average Bonchev–Trinajstić information content (AvgIpc) is 3.20. The third-order valence-electron chi connectivity index (χ3n) is 10.1. The van der Waals surface area contributed by atoms with Crippen LogP contribution in [0.25, 0.3) is 0 Å². The Bertz CT molecular complexity index is 1790. The first kappa shape index (κ1) is 34.7. The van der Waals surface area contributed by atoms with Gasteiger partial charge in [0.25, 0.3) is 0 Å². The minimum absolute atomic E-state index is 0.0771. The second kappa shape index (κ2) is 15.6. The quantitative estimate of drug-likeness (QED) is 0.141. The molecule has 7 heteroatoms. The van der Waals surface area contributed by atoms with Gasteiger partial charge in [-0.3, -0.25) is 0 Å². The molecule has 1 unspecified atom stereocenters. The van der Waals surface area contributed by atoms with Crippen LogP contribution in [0.1, 0.15) is 65.2 Å². The first-order valence-corrected chi connectivity index (χ1v) is 17.7. The van der Waals surface area contributed by atoms with Gasteiger partial charge in [0.05, 0.1) is 12.5 Å². The molecule has 7 nitrogen and oxygen atoms in total. The van der Waals surface area contributed by atoms with E-state index in [-0.39, 0.29) is 12.5 Å². The van der Waals surface area contributed by atoms with Crippen LogP contribution in [-0.2, 0) is 31.0 Å². The molecule has 3 N–H and O–H groups in total. The van der Waals surface area contributed by atoms with Crippen molar-refractivity contribution in [2.24, 2.45) is 0 Å². The van der Waals surface area contributed by atoms with Crippen molar-refractivity contribution in [1.82, 2.24) is 0 Å². The zero-order valence-electron chi connectivity index (χ0n) is 28.6. The van der Waals surface area contributed by atoms with E-state index in [2.05, 4.69) is 25.2 Å². The van der Waals surface area contributed by atoms with E-state index in [9.17, 15) is 15.3 Å². The minimum atomic E-state index is -1.48. The van der Waals surface area contributed by atoms with E-state index < -0.39 is 36.1 Å². The molecule has 1 saturated heterocycles. The number of aliphatic hydroxyl groups excluding tert-OH is 3. The molecule has 51 heavy (non-hydrogen) atoms. The molecular formula is C44H44O7. The minimum Gasteiger partial charge on any atom is -0.466 e. The fourth-order valence-electron chi connectivity index (χ4n) is 7.53. The number of rotatable bonds is 11. The molecule has 2 aliphatic heterocycles. The zero-order chi connectivity index (χ0) is 35.2. The number of hydrogen-bond donors (Lipinski definition) is 3. The highest BCUT2D eigenvalue weighted by molar-refractivity contribution is 5.48. The Balaban J connectivity index is 1.25. The number of ether oxygens (including phenoxy) is 4. The highest BCUT2D eigenvalue weighted by Gasteiger charge is 2.47. The average molecular weight is 685 g/mol. The van der Waals surface area contributed by atoms with Crippen LogP contribution >= 0.6 is 0 Å². The van der Waals surface area contributed by atoms with E-state index in [4.69, 9.17) is 18.9 Å². The summed E-state index contributed by atoms with van der Waals surface area (Å²) in [6.45, 7) is 2.03. The van der Waals surface area contributed by atoms with E-state index in [1.165, 1.54) is 18.1 Å². The van der Waals surface area contributed by atoms with Crippen molar-refractivity contribution in [1.29, 1.82) is 0 Å². The highest BCUT2D eigenvalue weighted by atomic mass is 16.6. The molecule has 0 radical (unpaired) electrons. The van der Waals surface area contributed by atoms with Gasteiger partial charge in [0.2, 0.25) is 0 Å². The molecular weight excluding hydrogens is 640 g/mol. The Morgan fingerprint density at radius 1 is 0.784 bits per heavy atom. The van der Waals surface area contributed by atoms with Crippen LogP contribution in [0.2, 0.25) is 0 Å². The molecule has 262 valence electrons. The highest BCUT2D eigenvalue weighted by Crippen LogP contribution is 2.44. The summed E-state index contributed by atoms with van der Waals surface area (Å²) in [6, 6.07) is 35.9. The van der Waals surface area contributed by atoms with Crippen LogP contribution < -0.4 is 0 Å². The summed E-state index contributed by atoms with van der Waals surface area (Å²) in [5, 5.41) is 34.1. The van der Waals surface area contributed by atoms with Gasteiger partial charge in [-0.05, 0) is 52.6 Å². The smallest absolute Gasteiger partial charge is 0.150 e. The monoisotopic (exact) mass is 684 g/mol. The number of hydrogen-bond acceptors (Lipinski definition) is 7. The predicted molar refractivity (Wildman–Crippen MR) is 195 cm³/mol. The fourth-order valence-corrected chi connectivity index (χ4v) is 7.53. The number of allylic oxidation sites excluding steroid dienone is 4. The van der Waals surface area contributed by atoms with Crippen molar-refractivity contribution >= 4 is 0 Å². The van der Waals surface area contributed by atoms with Crippen molar-refractivity contribution in [3.05, 3.63) is 191 Å². The maximum absolute atomic E-state index is 11.4. The molecule has 4 aromatic carbocycles. The fraction of sp³-hybridized carbons (Fsp3) is 0.273. The Morgan fingerprint density at radius 3 is 1.98 bits per heavy atom.